The summed E-state index contributed by atoms with van der Waals surface area (Å²) < 4.78 is 10.8. The Hall–Kier alpha value is -2.25. The van der Waals surface area contributed by atoms with Gasteiger partial charge in [-0.15, -0.1) is 0 Å². The van der Waals surface area contributed by atoms with Crippen LogP contribution in [0.5, 0.6) is 0 Å². The number of benzene rings is 1. The lowest BCUT2D eigenvalue weighted by Gasteiger charge is -2.31. The first-order valence-electron chi connectivity index (χ1n) is 9.76. The van der Waals surface area contributed by atoms with Crippen molar-refractivity contribution < 1.29 is 14.1 Å². The van der Waals surface area contributed by atoms with Crippen LogP contribution in [0.15, 0.2) is 34.9 Å². The number of ether oxygens (including phenoxy) is 1. The van der Waals surface area contributed by atoms with Gasteiger partial charge in [-0.3, -0.25) is 9.69 Å². The fraction of sp³-hybridized carbons (Fsp3) is 0.550. The predicted molar refractivity (Wildman–Crippen MR) is 98.9 cm³/mol. The Kier molecular flexibility index (Phi) is 5.79. The third-order valence-electron chi connectivity index (χ3n) is 5.36. The molecule has 0 radical (unpaired) electrons. The van der Waals surface area contributed by atoms with Gasteiger partial charge in [0.1, 0.15) is 6.10 Å². The summed E-state index contributed by atoms with van der Waals surface area (Å²) in [6, 6.07) is 10.6. The minimum atomic E-state index is -0.0899. The quantitative estimate of drug-likeness (QED) is 0.841. The number of hydrogen-bond acceptors (Lipinski definition) is 6. The Morgan fingerprint density at radius 3 is 2.74 bits per heavy atom. The zero-order valence-electron chi connectivity index (χ0n) is 15.5. The topological polar surface area (TPSA) is 80.5 Å². The maximum Gasteiger partial charge on any atom is 0.255 e. The molecule has 0 aliphatic carbocycles. The molecule has 0 saturated carbocycles. The van der Waals surface area contributed by atoms with E-state index in [4.69, 9.17) is 9.26 Å². The molecule has 2 aliphatic heterocycles. The molecule has 3 heterocycles. The molecule has 1 atom stereocenters. The van der Waals surface area contributed by atoms with E-state index in [9.17, 15) is 4.79 Å². The molecule has 4 rings (SSSR count). The van der Waals surface area contributed by atoms with Gasteiger partial charge in [0, 0.05) is 6.61 Å². The zero-order chi connectivity index (χ0) is 18.5. The van der Waals surface area contributed by atoms with Gasteiger partial charge < -0.3 is 14.6 Å². The summed E-state index contributed by atoms with van der Waals surface area (Å²) >= 11 is 0. The van der Waals surface area contributed by atoms with E-state index in [0.717, 1.165) is 45.4 Å². The molecule has 1 aromatic heterocycles. The van der Waals surface area contributed by atoms with E-state index in [0.29, 0.717) is 24.2 Å². The van der Waals surface area contributed by atoms with E-state index < -0.39 is 0 Å². The first kappa shape index (κ1) is 18.1. The number of likely N-dealkylation sites (tertiary alicyclic amines) is 1. The highest BCUT2D eigenvalue weighted by Crippen LogP contribution is 2.28. The fourth-order valence-corrected chi connectivity index (χ4v) is 3.83. The van der Waals surface area contributed by atoms with E-state index in [1.807, 2.05) is 0 Å². The average Bonchev–Trinajstić information content (AvgIpc) is 3.39. The maximum atomic E-state index is 12.2. The van der Waals surface area contributed by atoms with Crippen LogP contribution in [0.4, 0.5) is 0 Å². The summed E-state index contributed by atoms with van der Waals surface area (Å²) in [5.41, 5.74) is 1.40. The van der Waals surface area contributed by atoms with Gasteiger partial charge in [0.15, 0.2) is 5.82 Å². The highest BCUT2D eigenvalue weighted by Gasteiger charge is 2.24. The van der Waals surface area contributed by atoms with Crippen molar-refractivity contribution in [3.63, 3.8) is 0 Å². The molecule has 2 aromatic rings. The highest BCUT2D eigenvalue weighted by atomic mass is 16.5. The van der Waals surface area contributed by atoms with E-state index in [1.165, 1.54) is 5.56 Å². The number of rotatable bonds is 6. The van der Waals surface area contributed by atoms with Crippen molar-refractivity contribution >= 4 is 5.91 Å². The van der Waals surface area contributed by atoms with Crippen molar-refractivity contribution in [2.45, 2.75) is 44.2 Å². The van der Waals surface area contributed by atoms with Gasteiger partial charge in [0.2, 0.25) is 5.91 Å². The molecule has 27 heavy (non-hydrogen) atoms. The molecular formula is C20H26N4O3. The molecule has 2 aliphatic rings. The van der Waals surface area contributed by atoms with Crippen molar-refractivity contribution in [3.8, 4) is 0 Å². The second kappa shape index (κ2) is 8.63. The van der Waals surface area contributed by atoms with Gasteiger partial charge in [-0.2, -0.15) is 4.98 Å². The van der Waals surface area contributed by atoms with Crippen LogP contribution in [-0.4, -0.2) is 47.2 Å². The summed E-state index contributed by atoms with van der Waals surface area (Å²) in [7, 11) is 0. The van der Waals surface area contributed by atoms with Gasteiger partial charge in [0.25, 0.3) is 5.89 Å². The number of nitrogens with zero attached hydrogens (tertiary/aromatic N) is 3. The Morgan fingerprint density at radius 2 is 2.00 bits per heavy atom. The Balaban J connectivity index is 1.19. The summed E-state index contributed by atoms with van der Waals surface area (Å²) in [6.07, 6.45) is 4.01. The lowest BCUT2D eigenvalue weighted by atomic mass is 9.89. The third kappa shape index (κ3) is 4.73. The number of piperidine rings is 1. The van der Waals surface area contributed by atoms with E-state index in [2.05, 4.69) is 50.7 Å². The monoisotopic (exact) mass is 370 g/mol. The van der Waals surface area contributed by atoms with Gasteiger partial charge in [-0.05, 0) is 50.3 Å². The first-order chi connectivity index (χ1) is 13.3. The molecule has 7 heteroatoms. The van der Waals surface area contributed by atoms with Crippen molar-refractivity contribution in [2.24, 2.45) is 0 Å². The molecule has 7 nitrogen and oxygen atoms in total. The Morgan fingerprint density at radius 1 is 1.19 bits per heavy atom. The molecule has 2 saturated heterocycles. The smallest absolute Gasteiger partial charge is 0.255 e. The Labute approximate surface area is 159 Å². The predicted octanol–water partition coefficient (Wildman–Crippen LogP) is 2.42. The summed E-state index contributed by atoms with van der Waals surface area (Å²) in [6.45, 7) is 3.32. The van der Waals surface area contributed by atoms with Crippen molar-refractivity contribution in [2.75, 3.05) is 26.2 Å². The lowest BCUT2D eigenvalue weighted by molar-refractivity contribution is -0.122. The van der Waals surface area contributed by atoms with Crippen LogP contribution in [0.1, 0.15) is 55.0 Å². The van der Waals surface area contributed by atoms with Crippen LogP contribution < -0.4 is 5.32 Å². The molecule has 1 unspecified atom stereocenters. The van der Waals surface area contributed by atoms with E-state index >= 15 is 0 Å². The summed E-state index contributed by atoms with van der Waals surface area (Å²) in [5.74, 6) is 1.61. The Bertz CT molecular complexity index is 735. The highest BCUT2D eigenvalue weighted by molar-refractivity contribution is 5.77. The number of aromatic nitrogens is 2. The number of nitrogens with one attached hydrogen (secondary N) is 1. The standard InChI is InChI=1S/C20H26N4O3/c25-19(21-13-18-22-20(27-23-18)17-7-4-12-26-17)14-24-10-8-16(9-11-24)15-5-2-1-3-6-15/h1-3,5-6,16-17H,4,7-14H2,(H,21,25). The molecule has 0 spiro atoms. The summed E-state index contributed by atoms with van der Waals surface area (Å²) in [4.78, 5) is 18.8. The van der Waals surface area contributed by atoms with Crippen LogP contribution in [0.2, 0.25) is 0 Å². The van der Waals surface area contributed by atoms with Crippen LogP contribution in [-0.2, 0) is 16.1 Å². The molecule has 1 aromatic carbocycles. The molecule has 1 amide bonds. The molecular weight excluding hydrogens is 344 g/mol. The maximum absolute atomic E-state index is 12.2. The van der Waals surface area contributed by atoms with E-state index in [-0.39, 0.29) is 18.6 Å². The lowest BCUT2D eigenvalue weighted by Crippen LogP contribution is -2.41. The zero-order valence-corrected chi connectivity index (χ0v) is 15.5. The molecule has 0 bridgehead atoms. The third-order valence-corrected chi connectivity index (χ3v) is 5.36. The van der Waals surface area contributed by atoms with Gasteiger partial charge in [-0.1, -0.05) is 35.5 Å². The van der Waals surface area contributed by atoms with Crippen LogP contribution >= 0.6 is 0 Å². The van der Waals surface area contributed by atoms with Gasteiger partial charge >= 0.3 is 0 Å². The van der Waals surface area contributed by atoms with Crippen LogP contribution in [0, 0.1) is 0 Å². The minimum absolute atomic E-state index is 0.00312. The fourth-order valence-electron chi connectivity index (χ4n) is 3.83. The largest absolute Gasteiger partial charge is 0.368 e. The van der Waals surface area contributed by atoms with Crippen LogP contribution in [0.25, 0.3) is 0 Å². The second-order valence-corrected chi connectivity index (χ2v) is 7.29. The van der Waals surface area contributed by atoms with Crippen molar-refractivity contribution in [1.82, 2.24) is 20.4 Å². The average molecular weight is 370 g/mol. The number of amides is 1. The van der Waals surface area contributed by atoms with Crippen LogP contribution in [0.3, 0.4) is 0 Å². The number of carbonyl (C=O) groups excluding carboxylic acids is 1. The number of hydrogen-bond donors (Lipinski definition) is 1. The van der Waals surface area contributed by atoms with E-state index in [1.54, 1.807) is 0 Å². The van der Waals surface area contributed by atoms with Crippen molar-refractivity contribution in [3.05, 3.63) is 47.6 Å². The molecule has 2 fully saturated rings. The molecule has 144 valence electrons. The minimum Gasteiger partial charge on any atom is -0.368 e. The second-order valence-electron chi connectivity index (χ2n) is 7.29. The molecule has 1 N–H and O–H groups in total. The summed E-state index contributed by atoms with van der Waals surface area (Å²) in [5, 5.41) is 6.82. The number of carbonyl (C=O) groups is 1. The van der Waals surface area contributed by atoms with Gasteiger partial charge in [-0.25, -0.2) is 0 Å². The first-order valence-corrected chi connectivity index (χ1v) is 9.76. The SMILES string of the molecule is O=C(CN1CCC(c2ccccc2)CC1)NCc1noc(C2CCCO2)n1. The van der Waals surface area contributed by atoms with Crippen molar-refractivity contribution in [1.29, 1.82) is 0 Å². The normalized spacial score (nSPS) is 21.4. The van der Waals surface area contributed by atoms with Gasteiger partial charge in [0.05, 0.1) is 13.1 Å².